The van der Waals surface area contributed by atoms with Crippen LogP contribution < -0.4 is 9.64 Å². The Morgan fingerprint density at radius 3 is 2.83 bits per heavy atom. The van der Waals surface area contributed by atoms with Crippen molar-refractivity contribution in [1.82, 2.24) is 9.97 Å². The third-order valence-electron chi connectivity index (χ3n) is 4.00. The van der Waals surface area contributed by atoms with Gasteiger partial charge in [0, 0.05) is 31.5 Å². The predicted octanol–water partition coefficient (Wildman–Crippen LogP) is 3.36. The summed E-state index contributed by atoms with van der Waals surface area (Å²) in [6.45, 7) is 3.65. The van der Waals surface area contributed by atoms with E-state index in [1.807, 2.05) is 19.1 Å². The number of hydrogen-bond donors (Lipinski definition) is 0. The van der Waals surface area contributed by atoms with E-state index in [0.717, 1.165) is 43.1 Å². The van der Waals surface area contributed by atoms with Crippen LogP contribution in [-0.4, -0.2) is 29.2 Å². The maximum atomic E-state index is 8.94. The van der Waals surface area contributed by atoms with Crippen LogP contribution in [0.2, 0.25) is 5.15 Å². The molecular formula is C17H17ClN4O. The first-order chi connectivity index (χ1) is 11.2. The van der Waals surface area contributed by atoms with Gasteiger partial charge in [0.1, 0.15) is 29.2 Å². The van der Waals surface area contributed by atoms with Crippen molar-refractivity contribution < 1.29 is 4.74 Å². The minimum absolute atomic E-state index is 0.151. The number of piperidine rings is 1. The lowest BCUT2D eigenvalue weighted by molar-refractivity contribution is 0.170. The summed E-state index contributed by atoms with van der Waals surface area (Å²) in [5.41, 5.74) is 1.53. The summed E-state index contributed by atoms with van der Waals surface area (Å²) in [6.07, 6.45) is 3.45. The molecule has 1 aromatic carbocycles. The molecule has 1 fully saturated rings. The third kappa shape index (κ3) is 3.54. The smallest absolute Gasteiger partial charge is 0.137 e. The summed E-state index contributed by atoms with van der Waals surface area (Å²) < 4.78 is 6.00. The van der Waals surface area contributed by atoms with Gasteiger partial charge in [0.2, 0.25) is 0 Å². The number of aromatic nitrogens is 2. The van der Waals surface area contributed by atoms with E-state index in [2.05, 4.69) is 20.9 Å². The summed E-state index contributed by atoms with van der Waals surface area (Å²) >= 11 is 6.07. The van der Waals surface area contributed by atoms with Crippen LogP contribution in [0.3, 0.4) is 0 Å². The summed E-state index contributed by atoms with van der Waals surface area (Å²) in [4.78, 5) is 10.6. The van der Waals surface area contributed by atoms with Gasteiger partial charge in [-0.15, -0.1) is 0 Å². The van der Waals surface area contributed by atoms with Gasteiger partial charge in [0.25, 0.3) is 0 Å². The fraction of sp³-hybridized carbons (Fsp3) is 0.353. The fourth-order valence-electron chi connectivity index (χ4n) is 2.76. The highest BCUT2D eigenvalue weighted by atomic mass is 35.5. The molecule has 0 N–H and O–H groups in total. The van der Waals surface area contributed by atoms with Crippen LogP contribution >= 0.6 is 11.6 Å². The zero-order valence-electron chi connectivity index (χ0n) is 12.9. The van der Waals surface area contributed by atoms with E-state index in [1.54, 1.807) is 12.1 Å². The number of halogens is 1. The number of benzene rings is 1. The molecule has 1 saturated heterocycles. The Balaban J connectivity index is 1.62. The largest absolute Gasteiger partial charge is 0.490 e. The van der Waals surface area contributed by atoms with Crippen molar-refractivity contribution in [1.29, 1.82) is 5.26 Å². The van der Waals surface area contributed by atoms with Gasteiger partial charge in [-0.05, 0) is 25.1 Å². The molecule has 0 unspecified atom stereocenters. The molecule has 1 aliphatic rings. The van der Waals surface area contributed by atoms with Crippen molar-refractivity contribution >= 4 is 17.4 Å². The Kier molecular flexibility index (Phi) is 4.63. The normalized spacial score (nSPS) is 15.3. The summed E-state index contributed by atoms with van der Waals surface area (Å²) in [6, 6.07) is 9.42. The van der Waals surface area contributed by atoms with Crippen LogP contribution in [-0.2, 0) is 0 Å². The lowest BCUT2D eigenvalue weighted by Gasteiger charge is -2.33. The first-order valence-corrected chi connectivity index (χ1v) is 7.94. The molecule has 0 aliphatic carbocycles. The van der Waals surface area contributed by atoms with Gasteiger partial charge in [-0.25, -0.2) is 9.97 Å². The molecule has 0 spiro atoms. The molecule has 0 amide bonds. The molecule has 2 heterocycles. The Hall–Kier alpha value is -2.32. The monoisotopic (exact) mass is 328 g/mol. The van der Waals surface area contributed by atoms with Crippen molar-refractivity contribution in [3.63, 3.8) is 0 Å². The Labute approximate surface area is 140 Å². The molecule has 118 valence electrons. The summed E-state index contributed by atoms with van der Waals surface area (Å²) in [5, 5.41) is 9.44. The molecule has 23 heavy (non-hydrogen) atoms. The number of nitriles is 1. The molecule has 5 nitrogen and oxygen atoms in total. The first-order valence-electron chi connectivity index (χ1n) is 7.56. The molecule has 1 aliphatic heterocycles. The van der Waals surface area contributed by atoms with Gasteiger partial charge in [0.05, 0.1) is 11.6 Å². The van der Waals surface area contributed by atoms with E-state index >= 15 is 0 Å². The number of ether oxygens (including phenoxy) is 1. The number of anilines is 1. The Morgan fingerprint density at radius 1 is 1.30 bits per heavy atom. The molecule has 0 atom stereocenters. The zero-order chi connectivity index (χ0) is 16.2. The molecule has 0 bridgehead atoms. The maximum absolute atomic E-state index is 8.94. The van der Waals surface area contributed by atoms with Crippen LogP contribution in [0.4, 0.5) is 5.82 Å². The number of nitrogens with zero attached hydrogens (tertiary/aromatic N) is 4. The Morgan fingerprint density at radius 2 is 2.09 bits per heavy atom. The molecular weight excluding hydrogens is 312 g/mol. The maximum Gasteiger partial charge on any atom is 0.137 e. The van der Waals surface area contributed by atoms with E-state index in [1.165, 1.54) is 6.33 Å². The average Bonchev–Trinajstić information content (AvgIpc) is 2.58. The van der Waals surface area contributed by atoms with Crippen molar-refractivity contribution in [2.75, 3.05) is 18.0 Å². The lowest BCUT2D eigenvalue weighted by atomic mass is 10.1. The quantitative estimate of drug-likeness (QED) is 0.808. The molecule has 0 saturated carbocycles. The number of rotatable bonds is 3. The number of hydrogen-bond acceptors (Lipinski definition) is 5. The van der Waals surface area contributed by atoms with Crippen molar-refractivity contribution in [2.24, 2.45) is 0 Å². The standard InChI is InChI=1S/C17H17ClN4O/c1-12-16(18)20-11-21-17(12)22-7-5-14(6-8-22)23-15-4-2-3-13(9-15)10-19/h2-4,9,11,14H,5-8H2,1H3. The minimum Gasteiger partial charge on any atom is -0.490 e. The van der Waals surface area contributed by atoms with Crippen molar-refractivity contribution in [2.45, 2.75) is 25.9 Å². The summed E-state index contributed by atoms with van der Waals surface area (Å²) in [7, 11) is 0. The van der Waals surface area contributed by atoms with E-state index in [4.69, 9.17) is 21.6 Å². The van der Waals surface area contributed by atoms with Crippen LogP contribution in [0.25, 0.3) is 0 Å². The molecule has 6 heteroatoms. The van der Waals surface area contributed by atoms with Gasteiger partial charge < -0.3 is 9.64 Å². The third-order valence-corrected chi connectivity index (χ3v) is 4.38. The van der Waals surface area contributed by atoms with Crippen LogP contribution in [0.15, 0.2) is 30.6 Å². The highest BCUT2D eigenvalue weighted by molar-refractivity contribution is 6.30. The summed E-state index contributed by atoms with van der Waals surface area (Å²) in [5.74, 6) is 1.65. The Bertz CT molecular complexity index is 736. The van der Waals surface area contributed by atoms with Crippen molar-refractivity contribution in [3.8, 4) is 11.8 Å². The molecule has 0 radical (unpaired) electrons. The predicted molar refractivity (Wildman–Crippen MR) is 88.8 cm³/mol. The van der Waals surface area contributed by atoms with Gasteiger partial charge in [-0.1, -0.05) is 17.7 Å². The average molecular weight is 329 g/mol. The van der Waals surface area contributed by atoms with E-state index in [9.17, 15) is 0 Å². The van der Waals surface area contributed by atoms with E-state index < -0.39 is 0 Å². The van der Waals surface area contributed by atoms with Crippen molar-refractivity contribution in [3.05, 3.63) is 46.9 Å². The second-order valence-corrected chi connectivity index (χ2v) is 5.91. The highest BCUT2D eigenvalue weighted by Gasteiger charge is 2.23. The lowest BCUT2D eigenvalue weighted by Crippen LogP contribution is -2.39. The zero-order valence-corrected chi connectivity index (χ0v) is 13.6. The fourth-order valence-corrected chi connectivity index (χ4v) is 2.88. The van der Waals surface area contributed by atoms with Crippen LogP contribution in [0.5, 0.6) is 5.75 Å². The highest BCUT2D eigenvalue weighted by Crippen LogP contribution is 2.26. The van der Waals surface area contributed by atoms with E-state index in [0.29, 0.717) is 10.7 Å². The molecule has 1 aromatic heterocycles. The minimum atomic E-state index is 0.151. The van der Waals surface area contributed by atoms with E-state index in [-0.39, 0.29) is 6.10 Å². The van der Waals surface area contributed by atoms with Gasteiger partial charge in [-0.3, -0.25) is 0 Å². The second kappa shape index (κ2) is 6.84. The van der Waals surface area contributed by atoms with Gasteiger partial charge >= 0.3 is 0 Å². The van der Waals surface area contributed by atoms with Gasteiger partial charge in [-0.2, -0.15) is 5.26 Å². The SMILES string of the molecule is Cc1c(Cl)ncnc1N1CCC(Oc2cccc(C#N)c2)CC1. The molecule has 2 aromatic rings. The second-order valence-electron chi connectivity index (χ2n) is 5.56. The first kappa shape index (κ1) is 15.6. The van der Waals surface area contributed by atoms with Crippen LogP contribution in [0, 0.1) is 18.3 Å². The van der Waals surface area contributed by atoms with Crippen LogP contribution in [0.1, 0.15) is 24.0 Å². The topological polar surface area (TPSA) is 62.0 Å². The van der Waals surface area contributed by atoms with Gasteiger partial charge in [0.15, 0.2) is 0 Å². The molecule has 3 rings (SSSR count).